The van der Waals surface area contributed by atoms with Gasteiger partial charge < -0.3 is 18.6 Å². The number of methoxy groups -OCH3 is 1. The molecule has 2 heterocycles. The van der Waals surface area contributed by atoms with Gasteiger partial charge in [-0.1, -0.05) is 12.1 Å². The van der Waals surface area contributed by atoms with Crippen LogP contribution in [0.25, 0.3) is 11.0 Å². The molecule has 0 unspecified atom stereocenters. The Hall–Kier alpha value is -1.52. The SMILES string of the molecule is COc1cccc2c(C3CCC4(CC3)OCCO4)coc12. The minimum absolute atomic E-state index is 0.298. The van der Waals surface area contributed by atoms with Gasteiger partial charge in [0.15, 0.2) is 17.1 Å². The van der Waals surface area contributed by atoms with Crippen LogP contribution in [0, 0.1) is 0 Å². The predicted octanol–water partition coefficient (Wildman–Crippen LogP) is 3.84. The van der Waals surface area contributed by atoms with Crippen molar-refractivity contribution in [3.63, 3.8) is 0 Å². The van der Waals surface area contributed by atoms with Crippen LogP contribution in [0.2, 0.25) is 0 Å². The molecule has 21 heavy (non-hydrogen) atoms. The molecule has 4 rings (SSSR count). The zero-order valence-electron chi connectivity index (χ0n) is 12.3. The lowest BCUT2D eigenvalue weighted by Gasteiger charge is -2.35. The molecule has 1 saturated carbocycles. The van der Waals surface area contributed by atoms with Gasteiger partial charge in [-0.2, -0.15) is 0 Å². The Bertz CT molecular complexity index is 629. The lowest BCUT2D eigenvalue weighted by atomic mass is 9.81. The largest absolute Gasteiger partial charge is 0.493 e. The van der Waals surface area contributed by atoms with Crippen LogP contribution < -0.4 is 4.74 Å². The minimum atomic E-state index is -0.298. The molecule has 0 atom stereocenters. The van der Waals surface area contributed by atoms with Gasteiger partial charge in [-0.25, -0.2) is 0 Å². The Morgan fingerprint density at radius 3 is 2.62 bits per heavy atom. The number of hydrogen-bond donors (Lipinski definition) is 0. The van der Waals surface area contributed by atoms with E-state index in [1.807, 2.05) is 18.4 Å². The lowest BCUT2D eigenvalue weighted by molar-refractivity contribution is -0.178. The maximum Gasteiger partial charge on any atom is 0.175 e. The summed E-state index contributed by atoms with van der Waals surface area (Å²) in [4.78, 5) is 0. The van der Waals surface area contributed by atoms with Crippen molar-refractivity contribution in [3.05, 3.63) is 30.0 Å². The molecule has 4 nitrogen and oxygen atoms in total. The van der Waals surface area contributed by atoms with Gasteiger partial charge in [0.2, 0.25) is 0 Å². The molecule has 1 aromatic carbocycles. The third-order valence-corrected chi connectivity index (χ3v) is 4.81. The van der Waals surface area contributed by atoms with Crippen molar-refractivity contribution < 1.29 is 18.6 Å². The highest BCUT2D eigenvalue weighted by Gasteiger charge is 2.41. The number of hydrogen-bond acceptors (Lipinski definition) is 4. The number of rotatable bonds is 2. The molecular formula is C17H20O4. The molecule has 112 valence electrons. The molecular weight excluding hydrogens is 268 g/mol. The molecule has 2 aliphatic rings. The highest BCUT2D eigenvalue weighted by Crippen LogP contribution is 2.45. The second-order valence-corrected chi connectivity index (χ2v) is 5.91. The summed E-state index contributed by atoms with van der Waals surface area (Å²) in [7, 11) is 1.68. The third-order valence-electron chi connectivity index (χ3n) is 4.81. The molecule has 1 aliphatic carbocycles. The Kier molecular flexibility index (Phi) is 3.16. The molecule has 0 bridgehead atoms. The Morgan fingerprint density at radius 1 is 1.14 bits per heavy atom. The van der Waals surface area contributed by atoms with Gasteiger partial charge in [-0.15, -0.1) is 0 Å². The van der Waals surface area contributed by atoms with Crippen molar-refractivity contribution in [2.24, 2.45) is 0 Å². The van der Waals surface area contributed by atoms with E-state index in [1.165, 1.54) is 10.9 Å². The molecule has 1 aliphatic heterocycles. The monoisotopic (exact) mass is 288 g/mol. The fraction of sp³-hybridized carbons (Fsp3) is 0.529. The quantitative estimate of drug-likeness (QED) is 0.842. The molecule has 0 amide bonds. The molecule has 1 aromatic heterocycles. The van der Waals surface area contributed by atoms with Gasteiger partial charge in [-0.3, -0.25) is 0 Å². The van der Waals surface area contributed by atoms with E-state index < -0.39 is 0 Å². The first-order valence-electron chi connectivity index (χ1n) is 7.63. The number of benzene rings is 1. The summed E-state index contributed by atoms with van der Waals surface area (Å²) < 4.78 is 22.7. The van der Waals surface area contributed by atoms with Crippen molar-refractivity contribution in [3.8, 4) is 5.75 Å². The van der Waals surface area contributed by atoms with Gasteiger partial charge >= 0.3 is 0 Å². The van der Waals surface area contributed by atoms with E-state index in [1.54, 1.807) is 7.11 Å². The smallest absolute Gasteiger partial charge is 0.175 e. The van der Waals surface area contributed by atoms with Crippen LogP contribution in [0.4, 0.5) is 0 Å². The number of fused-ring (bicyclic) bond motifs is 1. The normalized spacial score (nSPS) is 22.1. The van der Waals surface area contributed by atoms with Crippen molar-refractivity contribution >= 4 is 11.0 Å². The van der Waals surface area contributed by atoms with E-state index in [-0.39, 0.29) is 5.79 Å². The summed E-state index contributed by atoms with van der Waals surface area (Å²) >= 11 is 0. The summed E-state index contributed by atoms with van der Waals surface area (Å²) in [6.45, 7) is 1.47. The van der Waals surface area contributed by atoms with Gasteiger partial charge in [0.05, 0.1) is 26.6 Å². The van der Waals surface area contributed by atoms with Crippen LogP contribution in [-0.4, -0.2) is 26.1 Å². The van der Waals surface area contributed by atoms with Crippen LogP contribution in [0.1, 0.15) is 37.2 Å². The lowest BCUT2D eigenvalue weighted by Crippen LogP contribution is -2.34. The van der Waals surface area contributed by atoms with Gasteiger partial charge in [-0.05, 0) is 24.8 Å². The van der Waals surface area contributed by atoms with Crippen LogP contribution in [0.3, 0.4) is 0 Å². The van der Waals surface area contributed by atoms with Crippen molar-refractivity contribution in [2.45, 2.75) is 37.4 Å². The number of ether oxygens (including phenoxy) is 3. The number of furan rings is 1. The zero-order valence-corrected chi connectivity index (χ0v) is 12.3. The first-order valence-corrected chi connectivity index (χ1v) is 7.63. The maximum atomic E-state index is 5.81. The minimum Gasteiger partial charge on any atom is -0.493 e. The summed E-state index contributed by atoms with van der Waals surface area (Å²) in [6, 6.07) is 6.07. The standard InChI is InChI=1S/C17H20O4/c1-18-15-4-2-3-13-14(11-19-16(13)15)12-5-7-17(8-6-12)20-9-10-21-17/h2-4,11-12H,5-10H2,1H3. The Balaban J connectivity index is 1.60. The average Bonchev–Trinajstić information content (AvgIpc) is 3.15. The molecule has 0 N–H and O–H groups in total. The molecule has 2 aromatic rings. The first-order chi connectivity index (χ1) is 10.3. The second-order valence-electron chi connectivity index (χ2n) is 5.91. The summed E-state index contributed by atoms with van der Waals surface area (Å²) in [6.07, 6.45) is 5.98. The third kappa shape index (κ3) is 2.14. The molecule has 2 fully saturated rings. The topological polar surface area (TPSA) is 40.8 Å². The van der Waals surface area contributed by atoms with E-state index in [9.17, 15) is 0 Å². The van der Waals surface area contributed by atoms with Crippen LogP contribution in [-0.2, 0) is 9.47 Å². The molecule has 0 radical (unpaired) electrons. The summed E-state index contributed by atoms with van der Waals surface area (Å²) in [5.41, 5.74) is 2.14. The van der Waals surface area contributed by atoms with Gasteiger partial charge in [0.1, 0.15) is 0 Å². The van der Waals surface area contributed by atoms with Crippen LogP contribution >= 0.6 is 0 Å². The van der Waals surface area contributed by atoms with E-state index in [4.69, 9.17) is 18.6 Å². The zero-order chi connectivity index (χ0) is 14.3. The number of para-hydroxylation sites is 1. The predicted molar refractivity (Wildman–Crippen MR) is 78.6 cm³/mol. The summed E-state index contributed by atoms with van der Waals surface area (Å²) in [5.74, 6) is 1.01. The van der Waals surface area contributed by atoms with Crippen molar-refractivity contribution in [1.82, 2.24) is 0 Å². The second kappa shape index (κ2) is 5.04. The highest BCUT2D eigenvalue weighted by atomic mass is 16.7. The van der Waals surface area contributed by atoms with Gasteiger partial charge in [0.25, 0.3) is 0 Å². The van der Waals surface area contributed by atoms with Gasteiger partial charge in [0, 0.05) is 23.8 Å². The highest BCUT2D eigenvalue weighted by molar-refractivity contribution is 5.86. The fourth-order valence-corrected chi connectivity index (χ4v) is 3.68. The average molecular weight is 288 g/mol. The van der Waals surface area contributed by atoms with Crippen LogP contribution in [0.15, 0.2) is 28.9 Å². The Labute approximate surface area is 124 Å². The van der Waals surface area contributed by atoms with E-state index in [0.29, 0.717) is 5.92 Å². The van der Waals surface area contributed by atoms with Crippen LogP contribution in [0.5, 0.6) is 5.75 Å². The molecule has 4 heteroatoms. The Morgan fingerprint density at radius 2 is 1.90 bits per heavy atom. The molecule has 1 saturated heterocycles. The van der Waals surface area contributed by atoms with E-state index >= 15 is 0 Å². The van der Waals surface area contributed by atoms with E-state index in [0.717, 1.165) is 50.2 Å². The van der Waals surface area contributed by atoms with E-state index in [2.05, 4.69) is 6.07 Å². The first kappa shape index (κ1) is 13.2. The fourth-order valence-electron chi connectivity index (χ4n) is 3.68. The summed E-state index contributed by atoms with van der Waals surface area (Å²) in [5, 5.41) is 1.17. The maximum absolute atomic E-state index is 5.81. The van der Waals surface area contributed by atoms with Crippen molar-refractivity contribution in [1.29, 1.82) is 0 Å². The molecule has 1 spiro atoms. The van der Waals surface area contributed by atoms with Crippen molar-refractivity contribution in [2.75, 3.05) is 20.3 Å².